The Morgan fingerprint density at radius 1 is 1.21 bits per heavy atom. The van der Waals surface area contributed by atoms with E-state index in [1.165, 1.54) is 32.2 Å². The first kappa shape index (κ1) is 27.3. The molecule has 0 saturated carbocycles. The lowest BCUT2D eigenvalue weighted by Gasteiger charge is -2.36. The van der Waals surface area contributed by atoms with E-state index in [-0.39, 0.29) is 0 Å². The van der Waals surface area contributed by atoms with Crippen molar-refractivity contribution in [2.75, 3.05) is 18.4 Å². The maximum atomic E-state index is 4.99. The molecular formula is C26H41BrN6. The highest BCUT2D eigenvalue weighted by Crippen LogP contribution is 2.31. The second kappa shape index (κ2) is 14.3. The zero-order valence-electron chi connectivity index (χ0n) is 21.2. The minimum Gasteiger partial charge on any atom is -0.366 e. The monoisotopic (exact) mass is 516 g/mol. The van der Waals surface area contributed by atoms with Crippen LogP contribution in [-0.2, 0) is 6.54 Å². The van der Waals surface area contributed by atoms with Gasteiger partial charge in [-0.25, -0.2) is 4.98 Å². The normalized spacial score (nSPS) is 16.9. The van der Waals surface area contributed by atoms with Gasteiger partial charge in [-0.05, 0) is 60.3 Å². The Balaban J connectivity index is 0.000000914. The number of likely N-dealkylation sites (tertiary alicyclic amines) is 1. The highest BCUT2D eigenvalue weighted by atomic mass is 79.9. The second-order valence-corrected chi connectivity index (χ2v) is 8.84. The van der Waals surface area contributed by atoms with Gasteiger partial charge in [0.1, 0.15) is 5.82 Å². The fraction of sp³-hybridized carbons (Fsp3) is 0.577. The average molecular weight is 518 g/mol. The predicted octanol–water partition coefficient (Wildman–Crippen LogP) is 6.92. The van der Waals surface area contributed by atoms with Crippen molar-refractivity contribution in [2.24, 2.45) is 0 Å². The van der Waals surface area contributed by atoms with Crippen molar-refractivity contribution in [3.8, 4) is 0 Å². The van der Waals surface area contributed by atoms with E-state index in [9.17, 15) is 0 Å². The Morgan fingerprint density at radius 3 is 2.70 bits per heavy atom. The summed E-state index contributed by atoms with van der Waals surface area (Å²) in [5.74, 6) is 1.42. The van der Waals surface area contributed by atoms with Crippen LogP contribution in [0.15, 0.2) is 41.3 Å². The van der Waals surface area contributed by atoms with Crippen LogP contribution in [0.1, 0.15) is 84.4 Å². The van der Waals surface area contributed by atoms with Crippen LogP contribution in [0.2, 0.25) is 0 Å². The van der Waals surface area contributed by atoms with E-state index in [0.717, 1.165) is 33.7 Å². The molecule has 6 nitrogen and oxygen atoms in total. The van der Waals surface area contributed by atoms with Gasteiger partial charge in [0.15, 0.2) is 5.65 Å². The lowest BCUT2D eigenvalue weighted by atomic mass is 9.93. The molecule has 3 aromatic rings. The molecule has 0 spiro atoms. The number of aromatic nitrogens is 4. The molecule has 1 saturated heterocycles. The number of piperidine rings is 1. The first-order valence-corrected chi connectivity index (χ1v) is 13.4. The number of nitrogens with one attached hydrogen (secondary N) is 1. The molecule has 4 heterocycles. The third kappa shape index (κ3) is 7.24. The molecule has 0 radical (unpaired) electrons. The van der Waals surface area contributed by atoms with Crippen molar-refractivity contribution in [3.05, 3.63) is 52.5 Å². The van der Waals surface area contributed by atoms with Crippen LogP contribution in [-0.4, -0.2) is 43.6 Å². The van der Waals surface area contributed by atoms with E-state index in [1.807, 2.05) is 50.7 Å². The Bertz CT molecular complexity index is 943. The summed E-state index contributed by atoms with van der Waals surface area (Å²) in [6.07, 6.45) is 10.4. The standard InChI is InChI=1S/C22H29BrN6.2C2H6/c1-3-6-16(2)28-10-5-8-18(15-28)20-11-21(25-13-17-7-4-9-24-12-17)29-22(27-20)19(23)14-26-29;2*1-2/h4,7,9,11-12,14,16,18,25H,3,5-6,8,10,13,15H2,1-2H3;2*1-2H3. The topological polar surface area (TPSA) is 58.4 Å². The molecule has 1 N–H and O–H groups in total. The molecule has 1 fully saturated rings. The number of rotatable bonds is 7. The SMILES string of the molecule is CC.CC.CCCC(C)N1CCCC(c2cc(NCc3cccnc3)n3ncc(Br)c3n2)C1. The molecule has 0 amide bonds. The minimum atomic E-state index is 0.453. The number of hydrogen-bond acceptors (Lipinski definition) is 5. The average Bonchev–Trinajstić information content (AvgIpc) is 3.26. The van der Waals surface area contributed by atoms with E-state index < -0.39 is 0 Å². The van der Waals surface area contributed by atoms with Crippen LogP contribution in [0.25, 0.3) is 5.65 Å². The van der Waals surface area contributed by atoms with E-state index in [0.29, 0.717) is 18.5 Å². The molecule has 1 aliphatic rings. The maximum Gasteiger partial charge on any atom is 0.171 e. The van der Waals surface area contributed by atoms with Crippen LogP contribution in [0.4, 0.5) is 5.82 Å². The number of halogens is 1. The van der Waals surface area contributed by atoms with Crippen LogP contribution < -0.4 is 5.32 Å². The number of fused-ring (bicyclic) bond motifs is 1. The van der Waals surface area contributed by atoms with Gasteiger partial charge in [-0.2, -0.15) is 9.61 Å². The van der Waals surface area contributed by atoms with Gasteiger partial charge in [-0.15, -0.1) is 0 Å². The van der Waals surface area contributed by atoms with Gasteiger partial charge in [0.25, 0.3) is 0 Å². The molecule has 0 bridgehead atoms. The fourth-order valence-electron chi connectivity index (χ4n) is 4.23. The smallest absolute Gasteiger partial charge is 0.171 e. The molecule has 3 aromatic heterocycles. The predicted molar refractivity (Wildman–Crippen MR) is 143 cm³/mol. The zero-order valence-corrected chi connectivity index (χ0v) is 22.8. The molecule has 2 unspecified atom stereocenters. The molecule has 0 aromatic carbocycles. The van der Waals surface area contributed by atoms with Crippen molar-refractivity contribution in [1.82, 2.24) is 24.5 Å². The third-order valence-corrected chi connectivity index (χ3v) is 6.41. The van der Waals surface area contributed by atoms with Crippen LogP contribution >= 0.6 is 15.9 Å². The zero-order chi connectivity index (χ0) is 24.2. The molecule has 7 heteroatoms. The van der Waals surface area contributed by atoms with Gasteiger partial charge in [0.05, 0.1) is 16.4 Å². The number of anilines is 1. The summed E-state index contributed by atoms with van der Waals surface area (Å²) in [6, 6.07) is 6.85. The largest absolute Gasteiger partial charge is 0.366 e. The number of pyridine rings is 1. The number of hydrogen-bond donors (Lipinski definition) is 1. The minimum absolute atomic E-state index is 0.453. The molecule has 2 atom stereocenters. The molecule has 33 heavy (non-hydrogen) atoms. The van der Waals surface area contributed by atoms with E-state index >= 15 is 0 Å². The van der Waals surface area contributed by atoms with E-state index in [2.05, 4.69) is 62.2 Å². The van der Waals surface area contributed by atoms with Crippen molar-refractivity contribution in [2.45, 2.75) is 85.7 Å². The van der Waals surface area contributed by atoms with Gasteiger partial charge in [-0.3, -0.25) is 9.88 Å². The van der Waals surface area contributed by atoms with E-state index in [1.54, 1.807) is 6.20 Å². The summed E-state index contributed by atoms with van der Waals surface area (Å²) < 4.78 is 2.81. The van der Waals surface area contributed by atoms with Gasteiger partial charge in [0.2, 0.25) is 0 Å². The molecule has 0 aliphatic carbocycles. The van der Waals surface area contributed by atoms with Gasteiger partial charge < -0.3 is 5.32 Å². The Morgan fingerprint density at radius 2 is 2.00 bits per heavy atom. The molecule has 4 rings (SSSR count). The van der Waals surface area contributed by atoms with Gasteiger partial charge >= 0.3 is 0 Å². The Hall–Kier alpha value is -1.99. The summed E-state index contributed by atoms with van der Waals surface area (Å²) in [4.78, 5) is 11.8. The molecule has 1 aliphatic heterocycles. The summed E-state index contributed by atoms with van der Waals surface area (Å²) in [7, 11) is 0. The van der Waals surface area contributed by atoms with Crippen molar-refractivity contribution >= 4 is 27.4 Å². The lowest BCUT2D eigenvalue weighted by molar-refractivity contribution is 0.149. The van der Waals surface area contributed by atoms with Gasteiger partial charge in [-0.1, -0.05) is 47.1 Å². The summed E-state index contributed by atoms with van der Waals surface area (Å²) in [6.45, 7) is 15.6. The van der Waals surface area contributed by atoms with Crippen molar-refractivity contribution < 1.29 is 0 Å². The van der Waals surface area contributed by atoms with Crippen molar-refractivity contribution in [3.63, 3.8) is 0 Å². The van der Waals surface area contributed by atoms with Crippen LogP contribution in [0, 0.1) is 0 Å². The first-order valence-electron chi connectivity index (χ1n) is 12.6. The van der Waals surface area contributed by atoms with Crippen molar-refractivity contribution in [1.29, 1.82) is 0 Å². The Labute approximate surface area is 208 Å². The fourth-order valence-corrected chi connectivity index (χ4v) is 4.58. The number of nitrogens with zero attached hydrogens (tertiary/aromatic N) is 5. The Kier molecular flexibility index (Phi) is 11.8. The third-order valence-electron chi connectivity index (χ3n) is 5.85. The lowest BCUT2D eigenvalue weighted by Crippen LogP contribution is -2.40. The summed E-state index contributed by atoms with van der Waals surface area (Å²) >= 11 is 3.62. The maximum absolute atomic E-state index is 4.99. The van der Waals surface area contributed by atoms with Crippen LogP contribution in [0.5, 0.6) is 0 Å². The highest BCUT2D eigenvalue weighted by Gasteiger charge is 2.26. The molecular weight excluding hydrogens is 476 g/mol. The van der Waals surface area contributed by atoms with Crippen LogP contribution in [0.3, 0.4) is 0 Å². The first-order chi connectivity index (χ1) is 16.2. The molecule has 182 valence electrons. The van der Waals surface area contributed by atoms with Gasteiger partial charge in [0, 0.05) is 43.5 Å². The highest BCUT2D eigenvalue weighted by molar-refractivity contribution is 9.10. The summed E-state index contributed by atoms with van der Waals surface area (Å²) in [5.41, 5.74) is 3.16. The summed E-state index contributed by atoms with van der Waals surface area (Å²) in [5, 5.41) is 8.04. The van der Waals surface area contributed by atoms with E-state index in [4.69, 9.17) is 4.98 Å². The second-order valence-electron chi connectivity index (χ2n) is 7.98. The quantitative estimate of drug-likeness (QED) is 0.369.